The van der Waals surface area contributed by atoms with E-state index < -0.39 is 33.9 Å². The molecule has 3 rings (SSSR count). The Kier molecular flexibility index (Phi) is 6.57. The van der Waals surface area contributed by atoms with E-state index in [2.05, 4.69) is 4.72 Å². The van der Waals surface area contributed by atoms with Gasteiger partial charge < -0.3 is 14.3 Å². The number of hydrogen-bond donors (Lipinski definition) is 2. The standard InChI is InChI=1S/C22H21NO7S/c1-14(2)20(21(24)25)23-31(27,28)19-9-5-16(6-10-19)15-3-7-18(8-4-15)30-22(26)17-11-12-29-13-17/h3-14,20,23H,1-2H3,(H,24,25)/t20-/m1/s1. The molecule has 162 valence electrons. The van der Waals surface area contributed by atoms with Crippen molar-refractivity contribution in [3.63, 3.8) is 0 Å². The maximum Gasteiger partial charge on any atom is 0.346 e. The summed E-state index contributed by atoms with van der Waals surface area (Å²) in [5.74, 6) is -1.83. The Morgan fingerprint density at radius 2 is 1.55 bits per heavy atom. The number of benzene rings is 2. The summed E-state index contributed by atoms with van der Waals surface area (Å²) in [7, 11) is -3.99. The second kappa shape index (κ2) is 9.15. The third-order valence-electron chi connectivity index (χ3n) is 4.53. The number of ether oxygens (including phenoxy) is 1. The fourth-order valence-electron chi connectivity index (χ4n) is 2.80. The fourth-order valence-corrected chi connectivity index (χ4v) is 4.13. The Labute approximate surface area is 179 Å². The van der Waals surface area contributed by atoms with Gasteiger partial charge in [-0.3, -0.25) is 4.79 Å². The van der Waals surface area contributed by atoms with Crippen LogP contribution in [0.2, 0.25) is 0 Å². The third-order valence-corrected chi connectivity index (χ3v) is 5.99. The lowest BCUT2D eigenvalue weighted by Gasteiger charge is -2.18. The molecule has 2 N–H and O–H groups in total. The van der Waals surface area contributed by atoms with Gasteiger partial charge in [0.25, 0.3) is 0 Å². The Hall–Kier alpha value is -3.43. The lowest BCUT2D eigenvalue weighted by Crippen LogP contribution is -2.44. The van der Waals surface area contributed by atoms with Crippen molar-refractivity contribution in [2.24, 2.45) is 5.92 Å². The van der Waals surface area contributed by atoms with E-state index in [9.17, 15) is 23.1 Å². The van der Waals surface area contributed by atoms with Crippen LogP contribution in [0.25, 0.3) is 11.1 Å². The smallest absolute Gasteiger partial charge is 0.346 e. The molecule has 0 spiro atoms. The van der Waals surface area contributed by atoms with Crippen molar-refractivity contribution in [2.75, 3.05) is 0 Å². The highest BCUT2D eigenvalue weighted by molar-refractivity contribution is 7.89. The highest BCUT2D eigenvalue weighted by Crippen LogP contribution is 2.24. The van der Waals surface area contributed by atoms with Crippen molar-refractivity contribution >= 4 is 22.0 Å². The van der Waals surface area contributed by atoms with Crippen LogP contribution in [0.1, 0.15) is 24.2 Å². The van der Waals surface area contributed by atoms with Crippen molar-refractivity contribution in [3.8, 4) is 16.9 Å². The van der Waals surface area contributed by atoms with Gasteiger partial charge in [0.05, 0.1) is 16.7 Å². The molecule has 3 aromatic rings. The molecule has 2 aromatic carbocycles. The zero-order chi connectivity index (χ0) is 22.6. The van der Waals surface area contributed by atoms with Gasteiger partial charge in [0.15, 0.2) is 0 Å². The molecule has 8 nitrogen and oxygen atoms in total. The average Bonchev–Trinajstić information content (AvgIpc) is 3.27. The fraction of sp³-hybridized carbons (Fsp3) is 0.182. The number of carbonyl (C=O) groups excluding carboxylic acids is 1. The highest BCUT2D eigenvalue weighted by Gasteiger charge is 2.27. The van der Waals surface area contributed by atoms with Crippen LogP contribution < -0.4 is 9.46 Å². The molecule has 0 radical (unpaired) electrons. The number of carbonyl (C=O) groups is 2. The van der Waals surface area contributed by atoms with Gasteiger partial charge >= 0.3 is 11.9 Å². The first-order valence-electron chi connectivity index (χ1n) is 9.37. The first-order valence-corrected chi connectivity index (χ1v) is 10.9. The molecule has 1 aromatic heterocycles. The van der Waals surface area contributed by atoms with Gasteiger partial charge in [0.2, 0.25) is 10.0 Å². The molecule has 1 heterocycles. The Balaban J connectivity index is 1.72. The van der Waals surface area contributed by atoms with E-state index in [-0.39, 0.29) is 4.90 Å². The van der Waals surface area contributed by atoms with Crippen LogP contribution in [0, 0.1) is 5.92 Å². The monoisotopic (exact) mass is 443 g/mol. The zero-order valence-electron chi connectivity index (χ0n) is 16.8. The molecule has 0 saturated carbocycles. The number of furan rings is 1. The summed E-state index contributed by atoms with van der Waals surface area (Å²) in [6.45, 7) is 3.25. The molecular weight excluding hydrogens is 422 g/mol. The SMILES string of the molecule is CC(C)[C@@H](NS(=O)(=O)c1ccc(-c2ccc(OC(=O)c3ccoc3)cc2)cc1)C(=O)O. The number of hydrogen-bond acceptors (Lipinski definition) is 6. The van der Waals surface area contributed by atoms with Crippen LogP contribution >= 0.6 is 0 Å². The van der Waals surface area contributed by atoms with Crippen LogP contribution in [0.5, 0.6) is 5.75 Å². The quantitative estimate of drug-likeness (QED) is 0.403. The van der Waals surface area contributed by atoms with Crippen LogP contribution in [0.15, 0.2) is 76.4 Å². The molecule has 0 fully saturated rings. The molecule has 0 aliphatic rings. The molecule has 0 aliphatic heterocycles. The van der Waals surface area contributed by atoms with Gasteiger partial charge in [-0.25, -0.2) is 13.2 Å². The number of nitrogens with one attached hydrogen (secondary N) is 1. The topological polar surface area (TPSA) is 123 Å². The van der Waals surface area contributed by atoms with Crippen LogP contribution in [0.3, 0.4) is 0 Å². The zero-order valence-corrected chi connectivity index (χ0v) is 17.6. The molecule has 1 atom stereocenters. The highest BCUT2D eigenvalue weighted by atomic mass is 32.2. The third kappa shape index (κ3) is 5.39. The van der Waals surface area contributed by atoms with Crippen molar-refractivity contribution in [1.29, 1.82) is 0 Å². The Bertz CT molecular complexity index is 1150. The number of rotatable bonds is 8. The number of carboxylic acid groups (broad SMARTS) is 1. The lowest BCUT2D eigenvalue weighted by atomic mass is 10.1. The van der Waals surface area contributed by atoms with Crippen LogP contribution in [0.4, 0.5) is 0 Å². The van der Waals surface area contributed by atoms with E-state index in [1.807, 2.05) is 0 Å². The second-order valence-corrected chi connectivity index (χ2v) is 8.85. The minimum Gasteiger partial charge on any atom is -0.480 e. The van der Waals surface area contributed by atoms with Gasteiger partial charge in [-0.1, -0.05) is 38.1 Å². The van der Waals surface area contributed by atoms with Crippen LogP contribution in [-0.2, 0) is 14.8 Å². The molecule has 0 bridgehead atoms. The largest absolute Gasteiger partial charge is 0.480 e. The molecule has 0 unspecified atom stereocenters. The van der Waals surface area contributed by atoms with Crippen molar-refractivity contribution in [2.45, 2.75) is 24.8 Å². The summed E-state index contributed by atoms with van der Waals surface area (Å²) in [6.07, 6.45) is 2.67. The van der Waals surface area contributed by atoms with Crippen molar-refractivity contribution in [1.82, 2.24) is 4.72 Å². The van der Waals surface area contributed by atoms with Gasteiger partial charge in [-0.05, 0) is 47.4 Å². The van der Waals surface area contributed by atoms with E-state index in [0.29, 0.717) is 11.3 Å². The van der Waals surface area contributed by atoms with Crippen molar-refractivity contribution < 1.29 is 32.3 Å². The molecule has 0 saturated heterocycles. The summed E-state index contributed by atoms with van der Waals surface area (Å²) in [6, 6.07) is 13.0. The van der Waals surface area contributed by atoms with E-state index in [1.54, 1.807) is 50.2 Å². The molecule has 31 heavy (non-hydrogen) atoms. The predicted molar refractivity (Wildman–Crippen MR) is 112 cm³/mol. The molecule has 0 aliphatic carbocycles. The summed E-state index contributed by atoms with van der Waals surface area (Å²) in [4.78, 5) is 23.2. The first-order chi connectivity index (χ1) is 14.7. The lowest BCUT2D eigenvalue weighted by molar-refractivity contribution is -0.140. The number of aliphatic carboxylic acids is 1. The summed E-state index contributed by atoms with van der Waals surface area (Å²) >= 11 is 0. The number of carboxylic acids is 1. The maximum absolute atomic E-state index is 12.5. The predicted octanol–water partition coefficient (Wildman–Crippen LogP) is 3.55. The number of sulfonamides is 1. The second-order valence-electron chi connectivity index (χ2n) is 7.13. The average molecular weight is 443 g/mol. The maximum atomic E-state index is 12.5. The van der Waals surface area contributed by atoms with E-state index in [1.165, 1.54) is 30.7 Å². The first kappa shape index (κ1) is 22.3. The van der Waals surface area contributed by atoms with E-state index in [4.69, 9.17) is 9.15 Å². The van der Waals surface area contributed by atoms with E-state index >= 15 is 0 Å². The summed E-state index contributed by atoms with van der Waals surface area (Å²) in [5.41, 5.74) is 1.83. The van der Waals surface area contributed by atoms with Crippen molar-refractivity contribution in [3.05, 3.63) is 72.7 Å². The van der Waals surface area contributed by atoms with Gasteiger partial charge in [0, 0.05) is 0 Å². The minimum atomic E-state index is -3.99. The minimum absolute atomic E-state index is 0.0335. The van der Waals surface area contributed by atoms with Gasteiger partial charge in [-0.2, -0.15) is 4.72 Å². The van der Waals surface area contributed by atoms with Gasteiger partial charge in [0.1, 0.15) is 18.1 Å². The van der Waals surface area contributed by atoms with Gasteiger partial charge in [-0.15, -0.1) is 0 Å². The molecule has 0 amide bonds. The van der Waals surface area contributed by atoms with Crippen LogP contribution in [-0.4, -0.2) is 31.5 Å². The Morgan fingerprint density at radius 1 is 0.968 bits per heavy atom. The Morgan fingerprint density at radius 3 is 2.03 bits per heavy atom. The molecular formula is C22H21NO7S. The number of esters is 1. The summed E-state index contributed by atoms with van der Waals surface area (Å²) < 4.78 is 37.4. The van der Waals surface area contributed by atoms with E-state index in [0.717, 1.165) is 11.1 Å². The normalized spacial score (nSPS) is 12.5. The summed E-state index contributed by atoms with van der Waals surface area (Å²) in [5, 5.41) is 9.21. The molecule has 9 heteroatoms.